The van der Waals surface area contributed by atoms with Gasteiger partial charge in [0.15, 0.2) is 0 Å². The zero-order valence-corrected chi connectivity index (χ0v) is 11.0. The van der Waals surface area contributed by atoms with Gasteiger partial charge in [0, 0.05) is 6.54 Å². The van der Waals surface area contributed by atoms with E-state index in [1.165, 1.54) is 0 Å². The first kappa shape index (κ1) is 12.6. The van der Waals surface area contributed by atoms with Crippen molar-refractivity contribution in [2.24, 2.45) is 0 Å². The number of carbonyl (C=O) groups excluding carboxylic acids is 1. The molecular formula is C13H14ClN3O. The van der Waals surface area contributed by atoms with E-state index in [1.54, 1.807) is 16.9 Å². The van der Waals surface area contributed by atoms with E-state index in [0.29, 0.717) is 17.1 Å². The molecule has 0 fully saturated rings. The maximum atomic E-state index is 11.8. The number of hydrogen-bond donors (Lipinski definition) is 1. The van der Waals surface area contributed by atoms with Crippen LogP contribution in [0.3, 0.4) is 0 Å². The van der Waals surface area contributed by atoms with Crippen molar-refractivity contribution >= 4 is 17.5 Å². The summed E-state index contributed by atoms with van der Waals surface area (Å²) in [5.74, 6) is -0.117. The van der Waals surface area contributed by atoms with Gasteiger partial charge >= 0.3 is 0 Å². The zero-order valence-electron chi connectivity index (χ0n) is 10.3. The number of amides is 1. The monoisotopic (exact) mass is 263 g/mol. The summed E-state index contributed by atoms with van der Waals surface area (Å²) in [6.07, 6.45) is 1.56. The molecule has 0 saturated heterocycles. The van der Waals surface area contributed by atoms with Crippen LogP contribution in [0, 0.1) is 6.92 Å². The fourth-order valence-electron chi connectivity index (χ4n) is 1.75. The molecule has 2 rings (SSSR count). The molecule has 0 saturated carbocycles. The third-order valence-corrected chi connectivity index (χ3v) is 2.99. The van der Waals surface area contributed by atoms with Gasteiger partial charge < -0.3 is 5.32 Å². The lowest BCUT2D eigenvalue weighted by Crippen LogP contribution is -2.23. The fraction of sp³-hybridized carbons (Fsp3) is 0.231. The average molecular weight is 264 g/mol. The maximum Gasteiger partial charge on any atom is 0.254 e. The molecule has 0 aliphatic carbocycles. The number of hydrogen-bond acceptors (Lipinski definition) is 2. The fourth-order valence-corrected chi connectivity index (χ4v) is 1.97. The maximum absolute atomic E-state index is 11.8. The summed E-state index contributed by atoms with van der Waals surface area (Å²) in [5.41, 5.74) is 2.11. The largest absolute Gasteiger partial charge is 0.352 e. The second-order valence-electron chi connectivity index (χ2n) is 3.87. The highest BCUT2D eigenvalue weighted by Crippen LogP contribution is 2.21. The SMILES string of the molecule is CCNC(=O)c1cnn(-c2ccccc2Cl)c1C. The van der Waals surface area contributed by atoms with Crippen molar-refractivity contribution in [1.29, 1.82) is 0 Å². The normalized spacial score (nSPS) is 10.4. The van der Waals surface area contributed by atoms with E-state index in [4.69, 9.17) is 11.6 Å². The van der Waals surface area contributed by atoms with E-state index in [2.05, 4.69) is 10.4 Å². The lowest BCUT2D eigenvalue weighted by molar-refractivity contribution is 0.0955. The Morgan fingerprint density at radius 1 is 1.44 bits per heavy atom. The molecule has 1 aromatic carbocycles. The third kappa shape index (κ3) is 2.24. The summed E-state index contributed by atoms with van der Waals surface area (Å²) in [7, 11) is 0. The van der Waals surface area contributed by atoms with Gasteiger partial charge in [0.1, 0.15) is 0 Å². The number of rotatable bonds is 3. The van der Waals surface area contributed by atoms with Gasteiger partial charge in [0.05, 0.1) is 28.2 Å². The molecule has 1 N–H and O–H groups in total. The second-order valence-corrected chi connectivity index (χ2v) is 4.27. The van der Waals surface area contributed by atoms with Crippen LogP contribution in [0.2, 0.25) is 5.02 Å². The van der Waals surface area contributed by atoms with Crippen molar-refractivity contribution in [3.8, 4) is 5.69 Å². The molecular weight excluding hydrogens is 250 g/mol. The number of halogens is 1. The van der Waals surface area contributed by atoms with Crippen molar-refractivity contribution in [1.82, 2.24) is 15.1 Å². The Balaban J connectivity index is 2.43. The molecule has 0 aliphatic heterocycles. The third-order valence-electron chi connectivity index (χ3n) is 2.67. The molecule has 0 spiro atoms. The number of benzene rings is 1. The topological polar surface area (TPSA) is 46.9 Å². The van der Waals surface area contributed by atoms with Crippen LogP contribution in [0.5, 0.6) is 0 Å². The molecule has 4 nitrogen and oxygen atoms in total. The van der Waals surface area contributed by atoms with Gasteiger partial charge in [-0.1, -0.05) is 23.7 Å². The Labute approximate surface area is 111 Å². The van der Waals surface area contributed by atoms with Crippen molar-refractivity contribution in [3.63, 3.8) is 0 Å². The van der Waals surface area contributed by atoms with Gasteiger partial charge in [0.25, 0.3) is 5.91 Å². The molecule has 1 heterocycles. The highest BCUT2D eigenvalue weighted by Gasteiger charge is 2.15. The lowest BCUT2D eigenvalue weighted by atomic mass is 10.2. The van der Waals surface area contributed by atoms with Crippen LogP contribution in [0.4, 0.5) is 0 Å². The molecule has 0 aliphatic rings. The summed E-state index contributed by atoms with van der Waals surface area (Å²) in [5, 5.41) is 7.58. The van der Waals surface area contributed by atoms with Gasteiger partial charge in [-0.2, -0.15) is 5.10 Å². The van der Waals surface area contributed by atoms with Crippen LogP contribution in [0.1, 0.15) is 23.0 Å². The van der Waals surface area contributed by atoms with E-state index >= 15 is 0 Å². The molecule has 1 aromatic heterocycles. The van der Waals surface area contributed by atoms with Gasteiger partial charge in [-0.3, -0.25) is 4.79 Å². The highest BCUT2D eigenvalue weighted by atomic mass is 35.5. The molecule has 0 atom stereocenters. The smallest absolute Gasteiger partial charge is 0.254 e. The van der Waals surface area contributed by atoms with Gasteiger partial charge in [-0.25, -0.2) is 4.68 Å². The minimum Gasteiger partial charge on any atom is -0.352 e. The number of carbonyl (C=O) groups is 1. The Morgan fingerprint density at radius 3 is 2.83 bits per heavy atom. The minimum atomic E-state index is -0.117. The first-order valence-corrected chi connectivity index (χ1v) is 6.10. The summed E-state index contributed by atoms with van der Waals surface area (Å²) >= 11 is 6.12. The molecule has 94 valence electrons. The van der Waals surface area contributed by atoms with Gasteiger partial charge in [0.2, 0.25) is 0 Å². The molecule has 5 heteroatoms. The van der Waals surface area contributed by atoms with Crippen molar-refractivity contribution in [2.75, 3.05) is 6.54 Å². The van der Waals surface area contributed by atoms with Gasteiger partial charge in [-0.15, -0.1) is 0 Å². The Kier molecular flexibility index (Phi) is 3.67. The lowest BCUT2D eigenvalue weighted by Gasteiger charge is -2.07. The Morgan fingerprint density at radius 2 is 2.17 bits per heavy atom. The molecule has 2 aromatic rings. The van der Waals surface area contributed by atoms with E-state index < -0.39 is 0 Å². The number of para-hydroxylation sites is 1. The minimum absolute atomic E-state index is 0.117. The van der Waals surface area contributed by atoms with E-state index in [0.717, 1.165) is 11.4 Å². The number of aromatic nitrogens is 2. The van der Waals surface area contributed by atoms with Crippen molar-refractivity contribution in [3.05, 3.63) is 46.7 Å². The van der Waals surface area contributed by atoms with Gasteiger partial charge in [-0.05, 0) is 26.0 Å². The van der Waals surface area contributed by atoms with E-state index in [1.807, 2.05) is 32.0 Å². The predicted molar refractivity (Wildman–Crippen MR) is 71.3 cm³/mol. The van der Waals surface area contributed by atoms with E-state index in [9.17, 15) is 4.79 Å². The molecule has 18 heavy (non-hydrogen) atoms. The predicted octanol–water partition coefficient (Wildman–Crippen LogP) is 2.58. The Bertz CT molecular complexity index is 577. The second kappa shape index (κ2) is 5.23. The number of nitrogens with one attached hydrogen (secondary N) is 1. The molecule has 0 bridgehead atoms. The summed E-state index contributed by atoms with van der Waals surface area (Å²) < 4.78 is 1.67. The van der Waals surface area contributed by atoms with E-state index in [-0.39, 0.29) is 5.91 Å². The average Bonchev–Trinajstić information content (AvgIpc) is 2.72. The number of nitrogens with zero attached hydrogens (tertiary/aromatic N) is 2. The van der Waals surface area contributed by atoms with Crippen LogP contribution in [-0.4, -0.2) is 22.2 Å². The standard InChI is InChI=1S/C13H14ClN3O/c1-3-15-13(18)10-8-16-17(9(10)2)12-7-5-4-6-11(12)14/h4-8H,3H2,1-2H3,(H,15,18). The van der Waals surface area contributed by atoms with Crippen LogP contribution in [-0.2, 0) is 0 Å². The molecule has 0 unspecified atom stereocenters. The zero-order chi connectivity index (χ0) is 13.1. The first-order valence-electron chi connectivity index (χ1n) is 5.73. The first-order chi connectivity index (χ1) is 8.65. The quantitative estimate of drug-likeness (QED) is 0.925. The van der Waals surface area contributed by atoms with Crippen LogP contribution < -0.4 is 5.32 Å². The molecule has 1 amide bonds. The summed E-state index contributed by atoms with van der Waals surface area (Å²) in [4.78, 5) is 11.8. The summed E-state index contributed by atoms with van der Waals surface area (Å²) in [6, 6.07) is 7.40. The van der Waals surface area contributed by atoms with Crippen molar-refractivity contribution in [2.45, 2.75) is 13.8 Å². The summed E-state index contributed by atoms with van der Waals surface area (Å²) in [6.45, 7) is 4.32. The van der Waals surface area contributed by atoms with Crippen LogP contribution in [0.15, 0.2) is 30.5 Å². The van der Waals surface area contributed by atoms with Crippen LogP contribution in [0.25, 0.3) is 5.69 Å². The highest BCUT2D eigenvalue weighted by molar-refractivity contribution is 6.32. The Hall–Kier alpha value is -1.81. The van der Waals surface area contributed by atoms with Crippen LogP contribution >= 0.6 is 11.6 Å². The molecule has 0 radical (unpaired) electrons. The van der Waals surface area contributed by atoms with Crippen molar-refractivity contribution < 1.29 is 4.79 Å².